The fourth-order valence-corrected chi connectivity index (χ4v) is 3.21. The maximum absolute atomic E-state index is 5.55. The lowest BCUT2D eigenvalue weighted by Crippen LogP contribution is -2.55. The first-order valence-corrected chi connectivity index (χ1v) is 7.26. The number of hydrogen-bond donors (Lipinski definition) is 1. The van der Waals surface area contributed by atoms with E-state index in [-0.39, 0.29) is 5.54 Å². The third kappa shape index (κ3) is 5.53. The second kappa shape index (κ2) is 5.74. The second-order valence-electron chi connectivity index (χ2n) is 7.34. The van der Waals surface area contributed by atoms with Gasteiger partial charge in [-0.3, -0.25) is 0 Å². The molecule has 0 radical (unpaired) electrons. The number of nitrogens with one attached hydrogen (secondary N) is 1. The van der Waals surface area contributed by atoms with E-state index in [1.807, 2.05) is 0 Å². The summed E-state index contributed by atoms with van der Waals surface area (Å²) in [5.41, 5.74) is 0.368. The van der Waals surface area contributed by atoms with Gasteiger partial charge in [0, 0.05) is 31.7 Å². The van der Waals surface area contributed by atoms with Crippen molar-refractivity contribution in [2.45, 2.75) is 46.6 Å². The largest absolute Gasteiger partial charge is 0.358 e. The van der Waals surface area contributed by atoms with Crippen molar-refractivity contribution in [3.05, 3.63) is 0 Å². The first kappa shape index (κ1) is 15.7. The van der Waals surface area contributed by atoms with Crippen molar-refractivity contribution in [2.24, 2.45) is 5.41 Å². The molecule has 0 spiro atoms. The number of nitrogens with zero attached hydrogens (tertiary/aromatic N) is 2. The normalized spacial score (nSPS) is 18.9. The van der Waals surface area contributed by atoms with Gasteiger partial charge in [0.25, 0.3) is 0 Å². The lowest BCUT2D eigenvalue weighted by Gasteiger charge is -2.39. The van der Waals surface area contributed by atoms with Crippen LogP contribution in [-0.4, -0.2) is 53.7 Å². The Morgan fingerprint density at radius 2 is 1.56 bits per heavy atom. The first-order valence-electron chi connectivity index (χ1n) is 6.85. The average molecular weight is 271 g/mol. The van der Waals surface area contributed by atoms with Crippen molar-refractivity contribution in [3.63, 3.8) is 0 Å². The summed E-state index contributed by atoms with van der Waals surface area (Å²) in [6.07, 6.45) is 1.11. The second-order valence-corrected chi connectivity index (χ2v) is 7.73. The molecule has 1 aliphatic rings. The van der Waals surface area contributed by atoms with E-state index in [1.54, 1.807) is 0 Å². The number of rotatable bonds is 2. The van der Waals surface area contributed by atoms with Crippen molar-refractivity contribution >= 4 is 17.3 Å². The van der Waals surface area contributed by atoms with Gasteiger partial charge in [0.2, 0.25) is 0 Å². The van der Waals surface area contributed by atoms with Crippen LogP contribution in [0.25, 0.3) is 0 Å². The molecule has 106 valence electrons. The van der Waals surface area contributed by atoms with Gasteiger partial charge in [-0.1, -0.05) is 20.8 Å². The van der Waals surface area contributed by atoms with Gasteiger partial charge in [-0.25, -0.2) is 0 Å². The minimum Gasteiger partial charge on any atom is -0.358 e. The molecule has 1 saturated heterocycles. The Morgan fingerprint density at radius 1 is 1.06 bits per heavy atom. The zero-order chi connectivity index (χ0) is 14.0. The Hall–Kier alpha value is -0.350. The van der Waals surface area contributed by atoms with Crippen LogP contribution >= 0.6 is 12.2 Å². The molecule has 0 unspecified atom stereocenters. The van der Waals surface area contributed by atoms with E-state index in [4.69, 9.17) is 12.2 Å². The van der Waals surface area contributed by atoms with E-state index in [1.165, 1.54) is 0 Å². The van der Waals surface area contributed by atoms with Gasteiger partial charge in [-0.2, -0.15) is 0 Å². The predicted molar refractivity (Wildman–Crippen MR) is 83.0 cm³/mol. The third-order valence-electron chi connectivity index (χ3n) is 3.21. The fourth-order valence-electron chi connectivity index (χ4n) is 2.75. The molecule has 18 heavy (non-hydrogen) atoms. The predicted octanol–water partition coefficient (Wildman–Crippen LogP) is 2.32. The van der Waals surface area contributed by atoms with E-state index in [2.05, 4.69) is 56.8 Å². The maximum Gasteiger partial charge on any atom is 0.169 e. The molecule has 0 aromatic carbocycles. The summed E-state index contributed by atoms with van der Waals surface area (Å²) >= 11 is 5.55. The van der Waals surface area contributed by atoms with Gasteiger partial charge in [-0.15, -0.1) is 0 Å². The van der Waals surface area contributed by atoms with Crippen LogP contribution in [-0.2, 0) is 0 Å². The van der Waals surface area contributed by atoms with Gasteiger partial charge < -0.3 is 15.1 Å². The highest BCUT2D eigenvalue weighted by Gasteiger charge is 2.27. The van der Waals surface area contributed by atoms with Crippen LogP contribution in [0.1, 0.15) is 41.0 Å². The van der Waals surface area contributed by atoms with Crippen LogP contribution in [0.4, 0.5) is 0 Å². The third-order valence-corrected chi connectivity index (χ3v) is 3.57. The summed E-state index contributed by atoms with van der Waals surface area (Å²) in [5, 5.41) is 4.45. The molecular weight excluding hydrogens is 242 g/mol. The minimum atomic E-state index is 0.0542. The average Bonchev–Trinajstić information content (AvgIpc) is 2.13. The summed E-state index contributed by atoms with van der Waals surface area (Å²) < 4.78 is 0. The summed E-state index contributed by atoms with van der Waals surface area (Å²) in [6, 6.07) is 0. The number of thiocarbonyl (C=S) groups is 1. The van der Waals surface area contributed by atoms with E-state index in [9.17, 15) is 0 Å². The molecule has 1 N–H and O–H groups in total. The van der Waals surface area contributed by atoms with Gasteiger partial charge in [0.05, 0.1) is 0 Å². The Bertz CT molecular complexity index is 286. The van der Waals surface area contributed by atoms with Crippen molar-refractivity contribution < 1.29 is 0 Å². The van der Waals surface area contributed by atoms with Gasteiger partial charge in [0.15, 0.2) is 5.11 Å². The van der Waals surface area contributed by atoms with Crippen LogP contribution in [0.5, 0.6) is 0 Å². The SMILES string of the molecule is CN1CCN(C(=S)NC(C)(C)CC(C)(C)C)CC1. The molecule has 1 rings (SSSR count). The maximum atomic E-state index is 5.55. The monoisotopic (exact) mass is 271 g/mol. The molecular formula is C14H29N3S. The highest BCUT2D eigenvalue weighted by molar-refractivity contribution is 7.80. The van der Waals surface area contributed by atoms with E-state index < -0.39 is 0 Å². The Kier molecular flexibility index (Phi) is 5.01. The summed E-state index contributed by atoms with van der Waals surface area (Å²) in [7, 11) is 2.16. The zero-order valence-electron chi connectivity index (χ0n) is 12.8. The zero-order valence-corrected chi connectivity index (χ0v) is 13.7. The molecule has 0 aromatic heterocycles. The molecule has 0 aromatic rings. The van der Waals surface area contributed by atoms with Crippen LogP contribution in [0, 0.1) is 5.41 Å². The lowest BCUT2D eigenvalue weighted by atomic mass is 9.82. The highest BCUT2D eigenvalue weighted by Crippen LogP contribution is 2.26. The van der Waals surface area contributed by atoms with Crippen LogP contribution in [0.3, 0.4) is 0 Å². The standard InChI is InChI=1S/C14H29N3S/c1-13(2,3)11-14(4,5)15-12(18)17-9-7-16(6)8-10-17/h7-11H2,1-6H3,(H,15,18). The summed E-state index contributed by atoms with van der Waals surface area (Å²) in [5.74, 6) is 0. The van der Waals surface area contributed by atoms with E-state index in [0.717, 1.165) is 37.7 Å². The Labute approximate surface area is 118 Å². The van der Waals surface area contributed by atoms with Crippen LogP contribution < -0.4 is 5.32 Å². The summed E-state index contributed by atoms with van der Waals surface area (Å²) in [6.45, 7) is 15.6. The molecule has 0 bridgehead atoms. The fraction of sp³-hybridized carbons (Fsp3) is 0.929. The number of hydrogen-bond acceptors (Lipinski definition) is 2. The minimum absolute atomic E-state index is 0.0542. The van der Waals surface area contributed by atoms with Crippen LogP contribution in [0.2, 0.25) is 0 Å². The highest BCUT2D eigenvalue weighted by atomic mass is 32.1. The van der Waals surface area contributed by atoms with Crippen molar-refractivity contribution in [2.75, 3.05) is 33.2 Å². The smallest absolute Gasteiger partial charge is 0.169 e. The molecule has 0 amide bonds. The quantitative estimate of drug-likeness (QED) is 0.777. The van der Waals surface area contributed by atoms with Gasteiger partial charge in [0.1, 0.15) is 0 Å². The summed E-state index contributed by atoms with van der Waals surface area (Å²) in [4.78, 5) is 4.64. The van der Waals surface area contributed by atoms with Crippen molar-refractivity contribution in [3.8, 4) is 0 Å². The van der Waals surface area contributed by atoms with E-state index in [0.29, 0.717) is 5.41 Å². The molecule has 3 nitrogen and oxygen atoms in total. The van der Waals surface area contributed by atoms with Gasteiger partial charge >= 0.3 is 0 Å². The first-order chi connectivity index (χ1) is 8.09. The molecule has 1 heterocycles. The topological polar surface area (TPSA) is 18.5 Å². The molecule has 1 fully saturated rings. The van der Waals surface area contributed by atoms with Crippen molar-refractivity contribution in [1.82, 2.24) is 15.1 Å². The molecule has 1 aliphatic heterocycles. The Morgan fingerprint density at radius 3 is 2.00 bits per heavy atom. The number of piperazine rings is 1. The van der Waals surface area contributed by atoms with Crippen molar-refractivity contribution in [1.29, 1.82) is 0 Å². The molecule has 4 heteroatoms. The lowest BCUT2D eigenvalue weighted by molar-refractivity contribution is 0.205. The Balaban J connectivity index is 2.48. The van der Waals surface area contributed by atoms with Gasteiger partial charge in [-0.05, 0) is 44.9 Å². The molecule has 0 atom stereocenters. The molecule has 0 aliphatic carbocycles. The van der Waals surface area contributed by atoms with E-state index >= 15 is 0 Å². The van der Waals surface area contributed by atoms with Crippen LogP contribution in [0.15, 0.2) is 0 Å². The number of likely N-dealkylation sites (N-methyl/N-ethyl adjacent to an activating group) is 1. The molecule has 0 saturated carbocycles.